The van der Waals surface area contributed by atoms with Crippen LogP contribution in [0.1, 0.15) is 23.6 Å². The second-order valence-corrected chi connectivity index (χ2v) is 9.77. The third-order valence-electron chi connectivity index (χ3n) is 4.95. The quantitative estimate of drug-likeness (QED) is 0.383. The van der Waals surface area contributed by atoms with Gasteiger partial charge < -0.3 is 0 Å². The van der Waals surface area contributed by atoms with Crippen molar-refractivity contribution in [3.8, 4) is 0 Å². The first-order chi connectivity index (χ1) is 15.6. The number of hydrazone groups is 1. The van der Waals surface area contributed by atoms with Gasteiger partial charge in [0.15, 0.2) is 0 Å². The molecule has 0 aliphatic heterocycles. The van der Waals surface area contributed by atoms with E-state index in [9.17, 15) is 17.6 Å². The molecule has 3 aromatic carbocycles. The zero-order valence-corrected chi connectivity index (χ0v) is 19.9. The Morgan fingerprint density at radius 3 is 2.27 bits per heavy atom. The number of amides is 1. The number of sulfonamides is 1. The average molecular weight is 488 g/mol. The molecule has 9 heteroatoms. The number of hydrogen-bond donors (Lipinski definition) is 1. The van der Waals surface area contributed by atoms with Crippen LogP contribution in [0.3, 0.4) is 0 Å². The molecule has 0 unspecified atom stereocenters. The Hall–Kier alpha value is -3.23. The molecule has 6 nitrogen and oxygen atoms in total. The van der Waals surface area contributed by atoms with E-state index >= 15 is 0 Å². The summed E-state index contributed by atoms with van der Waals surface area (Å²) in [4.78, 5) is 12.7. The van der Waals surface area contributed by atoms with Crippen LogP contribution in [-0.2, 0) is 14.8 Å². The molecule has 0 saturated heterocycles. The van der Waals surface area contributed by atoms with Crippen LogP contribution < -0.4 is 9.73 Å². The highest BCUT2D eigenvalue weighted by molar-refractivity contribution is 7.92. The molecule has 0 aromatic heterocycles. The Balaban J connectivity index is 1.90. The van der Waals surface area contributed by atoms with Gasteiger partial charge in [-0.15, -0.1) is 0 Å². The van der Waals surface area contributed by atoms with Crippen molar-refractivity contribution in [2.24, 2.45) is 5.10 Å². The second kappa shape index (κ2) is 10.1. The van der Waals surface area contributed by atoms with Gasteiger partial charge in [0.2, 0.25) is 0 Å². The predicted octanol–water partition coefficient (Wildman–Crippen LogP) is 4.83. The smallest absolute Gasteiger partial charge is 0.264 e. The minimum absolute atomic E-state index is 0.0450. The van der Waals surface area contributed by atoms with Gasteiger partial charge in [0.25, 0.3) is 15.9 Å². The Labute approximate surface area is 197 Å². The molecule has 172 valence electrons. The molecule has 0 radical (unpaired) electrons. The van der Waals surface area contributed by atoms with Crippen LogP contribution in [0, 0.1) is 19.7 Å². The van der Waals surface area contributed by atoms with E-state index in [1.165, 1.54) is 42.5 Å². The number of anilines is 1. The van der Waals surface area contributed by atoms with Gasteiger partial charge >= 0.3 is 0 Å². The highest BCUT2D eigenvalue weighted by Crippen LogP contribution is 2.28. The van der Waals surface area contributed by atoms with Crippen LogP contribution in [0.4, 0.5) is 10.1 Å². The molecule has 0 spiro atoms. The number of carbonyl (C=O) groups is 1. The summed E-state index contributed by atoms with van der Waals surface area (Å²) in [6.07, 6.45) is 0. The van der Waals surface area contributed by atoms with Gasteiger partial charge in [-0.1, -0.05) is 47.5 Å². The number of hydrogen-bond acceptors (Lipinski definition) is 4. The van der Waals surface area contributed by atoms with Crippen molar-refractivity contribution in [1.29, 1.82) is 0 Å². The maximum atomic E-state index is 13.4. The van der Waals surface area contributed by atoms with E-state index in [-0.39, 0.29) is 16.4 Å². The summed E-state index contributed by atoms with van der Waals surface area (Å²) >= 11 is 6.22. The number of aryl methyl sites for hydroxylation is 2. The third-order valence-corrected chi connectivity index (χ3v) is 7.15. The molecule has 0 fully saturated rings. The van der Waals surface area contributed by atoms with Crippen molar-refractivity contribution in [2.45, 2.75) is 25.7 Å². The van der Waals surface area contributed by atoms with Crippen LogP contribution in [0.5, 0.6) is 0 Å². The van der Waals surface area contributed by atoms with Crippen LogP contribution in [-0.4, -0.2) is 26.6 Å². The normalized spacial score (nSPS) is 11.8. The van der Waals surface area contributed by atoms with Crippen molar-refractivity contribution in [2.75, 3.05) is 10.8 Å². The molecule has 33 heavy (non-hydrogen) atoms. The van der Waals surface area contributed by atoms with E-state index in [2.05, 4.69) is 10.5 Å². The Kier molecular flexibility index (Phi) is 7.50. The van der Waals surface area contributed by atoms with Gasteiger partial charge in [-0.3, -0.25) is 9.10 Å². The highest BCUT2D eigenvalue weighted by atomic mass is 35.5. The van der Waals surface area contributed by atoms with Gasteiger partial charge in [-0.25, -0.2) is 18.2 Å². The fourth-order valence-corrected chi connectivity index (χ4v) is 4.54. The zero-order valence-electron chi connectivity index (χ0n) is 18.3. The molecular formula is C24H23ClFN3O3S. The van der Waals surface area contributed by atoms with Crippen LogP contribution in [0.15, 0.2) is 76.7 Å². The van der Waals surface area contributed by atoms with E-state index in [0.717, 1.165) is 15.4 Å². The van der Waals surface area contributed by atoms with Crippen molar-refractivity contribution in [3.05, 3.63) is 94.3 Å². The lowest BCUT2D eigenvalue weighted by atomic mass is 10.1. The van der Waals surface area contributed by atoms with Crippen LogP contribution >= 0.6 is 11.6 Å². The molecule has 0 aliphatic rings. The van der Waals surface area contributed by atoms with Crippen molar-refractivity contribution < 1.29 is 17.6 Å². The SMILES string of the molecule is C/C(=N/NC(=O)CN(c1ccc(C)c(Cl)c1)S(=O)(=O)c1ccc(C)cc1)c1ccc(F)cc1. The summed E-state index contributed by atoms with van der Waals surface area (Å²) in [7, 11) is -4.07. The van der Waals surface area contributed by atoms with E-state index in [0.29, 0.717) is 16.3 Å². The van der Waals surface area contributed by atoms with E-state index in [1.807, 2.05) is 6.92 Å². The first kappa shape index (κ1) is 24.4. The Bertz CT molecular complexity index is 1290. The van der Waals surface area contributed by atoms with Gasteiger partial charge in [0.1, 0.15) is 12.4 Å². The molecule has 3 aromatic rings. The second-order valence-electron chi connectivity index (χ2n) is 7.50. The fourth-order valence-electron chi connectivity index (χ4n) is 2.96. The lowest BCUT2D eigenvalue weighted by molar-refractivity contribution is -0.119. The van der Waals surface area contributed by atoms with E-state index in [1.54, 1.807) is 38.1 Å². The Morgan fingerprint density at radius 2 is 1.67 bits per heavy atom. The van der Waals surface area contributed by atoms with Gasteiger partial charge in [-0.05, 0) is 68.3 Å². The van der Waals surface area contributed by atoms with E-state index < -0.39 is 22.5 Å². The number of rotatable bonds is 7. The molecule has 1 amide bonds. The van der Waals surface area contributed by atoms with Gasteiger partial charge in [0.05, 0.1) is 16.3 Å². The summed E-state index contributed by atoms with van der Waals surface area (Å²) < 4.78 is 40.9. The molecule has 1 N–H and O–H groups in total. The van der Waals surface area contributed by atoms with Crippen molar-refractivity contribution in [1.82, 2.24) is 5.43 Å². The molecule has 0 heterocycles. The number of nitrogens with zero attached hydrogens (tertiary/aromatic N) is 2. The summed E-state index contributed by atoms with van der Waals surface area (Å²) in [6.45, 7) is 4.78. The molecule has 0 bridgehead atoms. The van der Waals surface area contributed by atoms with Crippen molar-refractivity contribution in [3.63, 3.8) is 0 Å². The number of benzene rings is 3. The number of nitrogens with one attached hydrogen (secondary N) is 1. The first-order valence-corrected chi connectivity index (χ1v) is 11.8. The molecule has 0 saturated carbocycles. The third kappa shape index (κ3) is 5.97. The largest absolute Gasteiger partial charge is 0.271 e. The summed E-state index contributed by atoms with van der Waals surface area (Å²) in [5.41, 5.74) is 5.36. The molecule has 0 aliphatic carbocycles. The lowest BCUT2D eigenvalue weighted by Gasteiger charge is -2.24. The first-order valence-electron chi connectivity index (χ1n) is 10.0. The topological polar surface area (TPSA) is 78.8 Å². The van der Waals surface area contributed by atoms with Crippen LogP contribution in [0.25, 0.3) is 0 Å². The summed E-state index contributed by atoms with van der Waals surface area (Å²) in [5.74, 6) is -1.03. The monoisotopic (exact) mass is 487 g/mol. The predicted molar refractivity (Wildman–Crippen MR) is 129 cm³/mol. The minimum Gasteiger partial charge on any atom is -0.271 e. The van der Waals surface area contributed by atoms with Crippen molar-refractivity contribution >= 4 is 38.9 Å². The Morgan fingerprint density at radius 1 is 1.03 bits per heavy atom. The van der Waals surface area contributed by atoms with E-state index in [4.69, 9.17) is 11.6 Å². The van der Waals surface area contributed by atoms with Crippen LogP contribution in [0.2, 0.25) is 5.02 Å². The zero-order chi connectivity index (χ0) is 24.2. The molecule has 3 rings (SSSR count). The van der Waals surface area contributed by atoms with Gasteiger partial charge in [0, 0.05) is 5.02 Å². The minimum atomic E-state index is -4.07. The molecule has 0 atom stereocenters. The number of halogens is 2. The maximum absolute atomic E-state index is 13.4. The lowest BCUT2D eigenvalue weighted by Crippen LogP contribution is -2.39. The fraction of sp³-hybridized carbons (Fsp3) is 0.167. The number of carbonyl (C=O) groups excluding carboxylic acids is 1. The summed E-state index contributed by atoms with van der Waals surface area (Å²) in [6, 6.07) is 16.8. The highest BCUT2D eigenvalue weighted by Gasteiger charge is 2.27. The summed E-state index contributed by atoms with van der Waals surface area (Å²) in [5, 5.41) is 4.39. The average Bonchev–Trinajstić information content (AvgIpc) is 2.78. The maximum Gasteiger partial charge on any atom is 0.264 e. The molecular weight excluding hydrogens is 465 g/mol. The van der Waals surface area contributed by atoms with Gasteiger partial charge in [-0.2, -0.15) is 5.10 Å². The standard InChI is InChI=1S/C24H23ClFN3O3S/c1-16-4-12-22(13-5-16)33(31,32)29(21-11-6-17(2)23(25)14-21)15-24(30)28-27-18(3)19-7-9-20(26)10-8-19/h4-14H,15H2,1-3H3,(H,28,30)/b27-18-.